The number of fused-ring (bicyclic) bond motifs is 6. The van der Waals surface area contributed by atoms with Gasteiger partial charge in [0.2, 0.25) is 0 Å². The number of aromatic nitrogens is 2. The Hall–Kier alpha value is -7.90. The molecule has 244 valence electrons. The summed E-state index contributed by atoms with van der Waals surface area (Å²) in [6, 6.07) is 52.9. The second kappa shape index (κ2) is 12.2. The molecular weight excluding hydrogens is 649 g/mol. The Balaban J connectivity index is 1.43. The lowest BCUT2D eigenvalue weighted by atomic mass is 9.92. The number of rotatable bonds is 4. The Morgan fingerprint density at radius 2 is 0.981 bits per heavy atom. The lowest BCUT2D eigenvalue weighted by Crippen LogP contribution is -2.02. The van der Waals surface area contributed by atoms with Crippen molar-refractivity contribution in [2.45, 2.75) is 6.92 Å². The molecule has 6 nitrogen and oxygen atoms in total. The second-order valence-corrected chi connectivity index (χ2v) is 13.1. The maximum absolute atomic E-state index is 10.3. The maximum Gasteiger partial charge on any atom is 0.188 e. The molecule has 9 rings (SSSR count). The molecule has 0 aliphatic carbocycles. The van der Waals surface area contributed by atoms with E-state index in [2.05, 4.69) is 74.7 Å². The van der Waals surface area contributed by atoms with E-state index in [4.69, 9.17) is 6.57 Å². The van der Waals surface area contributed by atoms with Gasteiger partial charge in [-0.25, -0.2) is 4.85 Å². The summed E-state index contributed by atoms with van der Waals surface area (Å²) < 4.78 is 4.47. The third-order valence-corrected chi connectivity index (χ3v) is 10.1. The molecule has 2 heterocycles. The van der Waals surface area contributed by atoms with Crippen LogP contribution in [0, 0.1) is 47.5 Å². The number of hydrogen-bond donors (Lipinski definition) is 0. The van der Waals surface area contributed by atoms with Gasteiger partial charge in [-0.1, -0.05) is 54.6 Å². The zero-order valence-electron chi connectivity index (χ0n) is 28.5. The molecule has 0 aliphatic heterocycles. The van der Waals surface area contributed by atoms with Gasteiger partial charge in [0, 0.05) is 27.3 Å². The lowest BCUT2D eigenvalue weighted by molar-refractivity contribution is 1.16. The van der Waals surface area contributed by atoms with E-state index in [0.717, 1.165) is 82.8 Å². The van der Waals surface area contributed by atoms with E-state index >= 15 is 0 Å². The molecule has 0 atom stereocenters. The van der Waals surface area contributed by atoms with Crippen molar-refractivity contribution in [3.63, 3.8) is 0 Å². The van der Waals surface area contributed by atoms with Gasteiger partial charge in [0.15, 0.2) is 5.69 Å². The molecule has 0 unspecified atom stereocenters. The van der Waals surface area contributed by atoms with Gasteiger partial charge >= 0.3 is 0 Å². The van der Waals surface area contributed by atoms with Crippen molar-refractivity contribution in [2.75, 3.05) is 0 Å². The van der Waals surface area contributed by atoms with Crippen LogP contribution in [0.15, 0.2) is 140 Å². The number of hydrogen-bond acceptors (Lipinski definition) is 3. The van der Waals surface area contributed by atoms with Crippen molar-refractivity contribution < 1.29 is 0 Å². The van der Waals surface area contributed by atoms with Gasteiger partial charge in [-0.3, -0.25) is 0 Å². The van der Waals surface area contributed by atoms with E-state index in [1.165, 1.54) is 0 Å². The van der Waals surface area contributed by atoms with Crippen molar-refractivity contribution >= 4 is 49.3 Å². The number of benzene rings is 7. The average molecular weight is 675 g/mol. The van der Waals surface area contributed by atoms with Gasteiger partial charge in [-0.05, 0) is 114 Å². The summed E-state index contributed by atoms with van der Waals surface area (Å²) in [7, 11) is 0. The number of para-hydroxylation sites is 2. The first kappa shape index (κ1) is 31.1. The van der Waals surface area contributed by atoms with Gasteiger partial charge in [0.05, 0.1) is 74.9 Å². The molecule has 0 saturated heterocycles. The van der Waals surface area contributed by atoms with Crippen molar-refractivity contribution in [3.05, 3.63) is 173 Å². The van der Waals surface area contributed by atoms with E-state index < -0.39 is 0 Å². The highest BCUT2D eigenvalue weighted by molar-refractivity contribution is 6.12. The molecule has 0 radical (unpaired) electrons. The first-order valence-corrected chi connectivity index (χ1v) is 17.1. The Morgan fingerprint density at radius 1 is 0.472 bits per heavy atom. The van der Waals surface area contributed by atoms with E-state index in [0.29, 0.717) is 22.4 Å². The molecule has 0 fully saturated rings. The Labute approximate surface area is 305 Å². The van der Waals surface area contributed by atoms with Crippen LogP contribution in [0.25, 0.3) is 82.1 Å². The van der Waals surface area contributed by atoms with Crippen LogP contribution in [0.4, 0.5) is 5.69 Å². The third kappa shape index (κ3) is 4.84. The minimum atomic E-state index is 0.520. The monoisotopic (exact) mass is 674 g/mol. The normalized spacial score (nSPS) is 11.0. The SMILES string of the molecule is [C-]#[N+]c1ccc2c(c1)c1ccccc1n2-c1ccc(-c2ccc(C#N)cc2C)cc1-c1cc(C#N)ccc1-n1c2ccccc2c2cc(C#N)ccc21. The zero-order valence-corrected chi connectivity index (χ0v) is 28.5. The number of nitrogens with zero attached hydrogens (tertiary/aromatic N) is 6. The first-order chi connectivity index (χ1) is 26.0. The average Bonchev–Trinajstić information content (AvgIpc) is 3.72. The quantitative estimate of drug-likeness (QED) is 0.174. The minimum Gasteiger partial charge on any atom is -0.309 e. The molecule has 0 bridgehead atoms. The smallest absolute Gasteiger partial charge is 0.188 e. The number of nitriles is 3. The highest BCUT2D eigenvalue weighted by Crippen LogP contribution is 2.43. The molecule has 0 saturated carbocycles. The molecule has 9 aromatic rings. The molecule has 0 N–H and O–H groups in total. The fourth-order valence-corrected chi connectivity index (χ4v) is 7.78. The van der Waals surface area contributed by atoms with Crippen molar-refractivity contribution in [2.24, 2.45) is 0 Å². The topological polar surface area (TPSA) is 85.6 Å². The fraction of sp³-hybridized carbons (Fsp3) is 0.0213. The summed E-state index contributed by atoms with van der Waals surface area (Å²) in [5, 5.41) is 33.7. The zero-order chi connectivity index (χ0) is 36.2. The molecule has 53 heavy (non-hydrogen) atoms. The Kier molecular flexibility index (Phi) is 7.13. The van der Waals surface area contributed by atoms with E-state index in [1.54, 1.807) is 0 Å². The summed E-state index contributed by atoms with van der Waals surface area (Å²) in [5.41, 5.74) is 12.6. The van der Waals surface area contributed by atoms with Gasteiger partial charge in [0.1, 0.15) is 0 Å². The number of aryl methyl sites for hydroxylation is 1. The van der Waals surface area contributed by atoms with Gasteiger partial charge < -0.3 is 9.13 Å². The van der Waals surface area contributed by atoms with Crippen LogP contribution in [-0.4, -0.2) is 9.13 Å². The summed E-state index contributed by atoms with van der Waals surface area (Å²) in [4.78, 5) is 3.73. The van der Waals surface area contributed by atoms with Gasteiger partial charge in [-0.2, -0.15) is 15.8 Å². The largest absolute Gasteiger partial charge is 0.309 e. The minimum absolute atomic E-state index is 0.520. The van der Waals surface area contributed by atoms with E-state index in [1.807, 2.05) is 104 Å². The van der Waals surface area contributed by atoms with E-state index in [-0.39, 0.29) is 0 Å². The standard InChI is InChI=1S/C47H26N6/c1-29-21-30(26-48)11-16-35(29)33-14-19-46(53-43-10-6-4-8-37(43)41-25-34(51-2)15-20-47(41)53)40(24-33)39-23-32(28-50)13-18-45(39)52-42-9-5-3-7-36(42)38-22-31(27-49)12-17-44(38)52/h3-25H,1H3. The van der Waals surface area contributed by atoms with Crippen LogP contribution >= 0.6 is 0 Å². The van der Waals surface area contributed by atoms with Gasteiger partial charge in [-0.15, -0.1) is 0 Å². The Bertz CT molecular complexity index is 3180. The van der Waals surface area contributed by atoms with Crippen LogP contribution in [0.1, 0.15) is 22.3 Å². The summed E-state index contributed by atoms with van der Waals surface area (Å²) in [6.45, 7) is 9.73. The van der Waals surface area contributed by atoms with Crippen LogP contribution in [0.2, 0.25) is 0 Å². The summed E-state index contributed by atoms with van der Waals surface area (Å²) >= 11 is 0. The highest BCUT2D eigenvalue weighted by Gasteiger charge is 2.22. The molecule has 0 aliphatic rings. The highest BCUT2D eigenvalue weighted by atomic mass is 15.0. The van der Waals surface area contributed by atoms with Crippen molar-refractivity contribution in [1.29, 1.82) is 15.8 Å². The summed E-state index contributed by atoms with van der Waals surface area (Å²) in [6.07, 6.45) is 0. The molecular formula is C47H26N6. The molecule has 6 heteroatoms. The molecule has 0 amide bonds. The van der Waals surface area contributed by atoms with E-state index in [9.17, 15) is 15.8 Å². The van der Waals surface area contributed by atoms with Crippen LogP contribution in [0.3, 0.4) is 0 Å². The molecule has 2 aromatic heterocycles. The predicted molar refractivity (Wildman–Crippen MR) is 211 cm³/mol. The third-order valence-electron chi connectivity index (χ3n) is 10.1. The van der Waals surface area contributed by atoms with Crippen molar-refractivity contribution in [3.8, 4) is 51.8 Å². The molecule has 7 aromatic carbocycles. The first-order valence-electron chi connectivity index (χ1n) is 17.1. The van der Waals surface area contributed by atoms with Gasteiger partial charge in [0.25, 0.3) is 0 Å². The maximum atomic E-state index is 10.3. The van der Waals surface area contributed by atoms with Crippen LogP contribution in [-0.2, 0) is 0 Å². The van der Waals surface area contributed by atoms with Crippen molar-refractivity contribution in [1.82, 2.24) is 9.13 Å². The summed E-state index contributed by atoms with van der Waals surface area (Å²) in [5.74, 6) is 0. The Morgan fingerprint density at radius 3 is 1.62 bits per heavy atom. The fourth-order valence-electron chi connectivity index (χ4n) is 7.78. The molecule has 0 spiro atoms. The van der Waals surface area contributed by atoms with Crippen LogP contribution < -0.4 is 0 Å². The predicted octanol–water partition coefficient (Wildman–Crippen LogP) is 11.7. The lowest BCUT2D eigenvalue weighted by Gasteiger charge is -2.20. The second-order valence-electron chi connectivity index (χ2n) is 13.1. The van der Waals surface area contributed by atoms with Crippen LogP contribution in [0.5, 0.6) is 0 Å².